The summed E-state index contributed by atoms with van der Waals surface area (Å²) in [5, 5.41) is 2.89. The van der Waals surface area contributed by atoms with Crippen molar-refractivity contribution < 1.29 is 4.79 Å². The lowest BCUT2D eigenvalue weighted by molar-refractivity contribution is 0.0953. The maximum atomic E-state index is 12.3. The Morgan fingerprint density at radius 3 is 2.25 bits per heavy atom. The Labute approximate surface area is 140 Å². The van der Waals surface area contributed by atoms with Crippen LogP contribution in [0.1, 0.15) is 15.9 Å². The van der Waals surface area contributed by atoms with Crippen LogP contribution in [0, 0.1) is 0 Å². The number of nitrogens with one attached hydrogen (secondary N) is 1. The molecule has 1 heterocycles. The number of rotatable bonds is 5. The summed E-state index contributed by atoms with van der Waals surface area (Å²) in [4.78, 5) is 24.3. The van der Waals surface area contributed by atoms with Crippen molar-refractivity contribution in [1.29, 1.82) is 0 Å². The van der Waals surface area contributed by atoms with Gasteiger partial charge in [0.25, 0.3) is 11.5 Å². The van der Waals surface area contributed by atoms with Crippen molar-refractivity contribution in [2.45, 2.75) is 6.42 Å². The van der Waals surface area contributed by atoms with Crippen LogP contribution in [0.2, 0.25) is 0 Å². The fourth-order valence-electron chi connectivity index (χ4n) is 2.48. The average molecular weight is 318 g/mol. The van der Waals surface area contributed by atoms with E-state index in [1.807, 2.05) is 60.7 Å². The molecule has 3 aromatic rings. The predicted molar refractivity (Wildman–Crippen MR) is 94.5 cm³/mol. The monoisotopic (exact) mass is 318 g/mol. The normalized spacial score (nSPS) is 10.3. The summed E-state index contributed by atoms with van der Waals surface area (Å²) >= 11 is 0. The summed E-state index contributed by atoms with van der Waals surface area (Å²) in [5.74, 6) is -0.185. The molecule has 0 atom stereocenters. The first-order valence-corrected chi connectivity index (χ1v) is 7.84. The molecule has 4 nitrogen and oxygen atoms in total. The van der Waals surface area contributed by atoms with E-state index in [2.05, 4.69) is 5.32 Å². The Kier molecular flexibility index (Phi) is 4.87. The van der Waals surface area contributed by atoms with Gasteiger partial charge in [-0.3, -0.25) is 14.2 Å². The summed E-state index contributed by atoms with van der Waals surface area (Å²) in [6.07, 6.45) is 2.35. The van der Waals surface area contributed by atoms with Crippen LogP contribution in [0.15, 0.2) is 83.8 Å². The van der Waals surface area contributed by atoms with Gasteiger partial charge in [-0.15, -0.1) is 0 Å². The number of hydrogen-bond donors (Lipinski definition) is 1. The molecule has 0 unspecified atom stereocenters. The number of hydrogen-bond acceptors (Lipinski definition) is 2. The van der Waals surface area contributed by atoms with Crippen molar-refractivity contribution in [3.8, 4) is 5.69 Å². The Bertz CT molecular complexity index is 871. The van der Waals surface area contributed by atoms with E-state index < -0.39 is 0 Å². The summed E-state index contributed by atoms with van der Waals surface area (Å²) in [6, 6.07) is 22.2. The molecule has 1 N–H and O–H groups in total. The average Bonchev–Trinajstić information content (AvgIpc) is 2.63. The fourth-order valence-corrected chi connectivity index (χ4v) is 2.48. The van der Waals surface area contributed by atoms with Gasteiger partial charge in [0, 0.05) is 24.5 Å². The zero-order valence-corrected chi connectivity index (χ0v) is 13.2. The van der Waals surface area contributed by atoms with E-state index in [0.717, 1.165) is 12.1 Å². The molecule has 0 spiro atoms. The van der Waals surface area contributed by atoms with Gasteiger partial charge in [0.15, 0.2) is 0 Å². The van der Waals surface area contributed by atoms with Crippen molar-refractivity contribution in [3.05, 3.63) is 100 Å². The van der Waals surface area contributed by atoms with Crippen LogP contribution in [-0.2, 0) is 6.42 Å². The lowest BCUT2D eigenvalue weighted by atomic mass is 10.1. The molecule has 0 aliphatic heterocycles. The second-order valence-corrected chi connectivity index (χ2v) is 5.45. The van der Waals surface area contributed by atoms with Crippen molar-refractivity contribution in [3.63, 3.8) is 0 Å². The molecule has 0 bridgehead atoms. The van der Waals surface area contributed by atoms with Gasteiger partial charge in [-0.25, -0.2) is 0 Å². The van der Waals surface area contributed by atoms with E-state index in [4.69, 9.17) is 0 Å². The van der Waals surface area contributed by atoms with E-state index in [1.165, 1.54) is 16.2 Å². The lowest BCUT2D eigenvalue weighted by Gasteiger charge is -2.09. The molecular weight excluding hydrogens is 300 g/mol. The minimum absolute atomic E-state index is 0.165. The lowest BCUT2D eigenvalue weighted by Crippen LogP contribution is -2.27. The van der Waals surface area contributed by atoms with Crippen molar-refractivity contribution in [2.75, 3.05) is 6.54 Å². The molecule has 2 aromatic carbocycles. The van der Waals surface area contributed by atoms with Gasteiger partial charge in [-0.2, -0.15) is 0 Å². The van der Waals surface area contributed by atoms with Crippen LogP contribution in [0.4, 0.5) is 0 Å². The highest BCUT2D eigenvalue weighted by Gasteiger charge is 2.08. The van der Waals surface area contributed by atoms with Gasteiger partial charge in [-0.1, -0.05) is 48.5 Å². The third kappa shape index (κ3) is 3.79. The first-order valence-electron chi connectivity index (χ1n) is 7.84. The topological polar surface area (TPSA) is 51.1 Å². The third-order valence-corrected chi connectivity index (χ3v) is 3.75. The second-order valence-electron chi connectivity index (χ2n) is 5.45. The summed E-state index contributed by atoms with van der Waals surface area (Å²) < 4.78 is 1.48. The van der Waals surface area contributed by atoms with E-state index in [-0.39, 0.29) is 11.5 Å². The highest BCUT2D eigenvalue weighted by atomic mass is 16.2. The first kappa shape index (κ1) is 15.7. The number of aromatic nitrogens is 1. The Morgan fingerprint density at radius 1 is 0.875 bits per heavy atom. The summed E-state index contributed by atoms with van der Waals surface area (Å²) in [5.41, 5.74) is 2.21. The molecule has 3 rings (SSSR count). The molecule has 0 aliphatic rings. The Balaban J connectivity index is 1.70. The molecule has 0 fully saturated rings. The van der Waals surface area contributed by atoms with Crippen LogP contribution in [-0.4, -0.2) is 17.0 Å². The van der Waals surface area contributed by atoms with E-state index in [9.17, 15) is 9.59 Å². The Morgan fingerprint density at radius 2 is 1.54 bits per heavy atom. The van der Waals surface area contributed by atoms with E-state index in [1.54, 1.807) is 12.3 Å². The fraction of sp³-hybridized carbons (Fsp3) is 0.100. The number of benzene rings is 2. The smallest absolute Gasteiger partial charge is 0.255 e. The van der Waals surface area contributed by atoms with Crippen LogP contribution in [0.5, 0.6) is 0 Å². The predicted octanol–water partition coefficient (Wildman–Crippen LogP) is 2.81. The molecule has 0 aliphatic carbocycles. The van der Waals surface area contributed by atoms with Crippen LogP contribution >= 0.6 is 0 Å². The van der Waals surface area contributed by atoms with Crippen LogP contribution in [0.3, 0.4) is 0 Å². The Hall–Kier alpha value is -3.14. The molecule has 0 saturated heterocycles. The van der Waals surface area contributed by atoms with Crippen LogP contribution < -0.4 is 10.9 Å². The number of para-hydroxylation sites is 1. The van der Waals surface area contributed by atoms with Gasteiger partial charge in [0.2, 0.25) is 0 Å². The van der Waals surface area contributed by atoms with Crippen molar-refractivity contribution >= 4 is 5.91 Å². The largest absolute Gasteiger partial charge is 0.352 e. The maximum Gasteiger partial charge on any atom is 0.255 e. The molecule has 120 valence electrons. The first-order chi connectivity index (χ1) is 11.7. The highest BCUT2D eigenvalue weighted by molar-refractivity contribution is 5.93. The van der Waals surface area contributed by atoms with Gasteiger partial charge in [0.05, 0.1) is 5.56 Å². The summed E-state index contributed by atoms with van der Waals surface area (Å²) in [6.45, 7) is 0.549. The zero-order chi connectivity index (χ0) is 16.8. The molecule has 24 heavy (non-hydrogen) atoms. The van der Waals surface area contributed by atoms with Crippen molar-refractivity contribution in [2.24, 2.45) is 0 Å². The van der Waals surface area contributed by atoms with E-state index >= 15 is 0 Å². The SMILES string of the molecule is O=C(NCCc1ccccc1)c1ccc(=O)n(-c2ccccc2)c1. The highest BCUT2D eigenvalue weighted by Crippen LogP contribution is 2.06. The molecule has 1 amide bonds. The number of amides is 1. The standard InChI is InChI=1S/C20H18N2O2/c23-19-12-11-17(15-22(19)18-9-5-2-6-10-18)20(24)21-14-13-16-7-3-1-4-8-16/h1-12,15H,13-14H2,(H,21,24). The van der Waals surface area contributed by atoms with Gasteiger partial charge in [-0.05, 0) is 30.2 Å². The number of nitrogens with zero attached hydrogens (tertiary/aromatic N) is 1. The van der Waals surface area contributed by atoms with E-state index in [0.29, 0.717) is 12.1 Å². The minimum atomic E-state index is -0.185. The van der Waals surface area contributed by atoms with Crippen LogP contribution in [0.25, 0.3) is 5.69 Å². The van der Waals surface area contributed by atoms with Gasteiger partial charge in [0.1, 0.15) is 0 Å². The second kappa shape index (κ2) is 7.42. The minimum Gasteiger partial charge on any atom is -0.352 e. The number of carbonyl (C=O) groups is 1. The molecule has 4 heteroatoms. The molecule has 0 saturated carbocycles. The molecular formula is C20H18N2O2. The van der Waals surface area contributed by atoms with Gasteiger partial charge < -0.3 is 5.32 Å². The number of pyridine rings is 1. The quantitative estimate of drug-likeness (QED) is 0.786. The molecule has 0 radical (unpaired) electrons. The maximum absolute atomic E-state index is 12.3. The number of carbonyl (C=O) groups excluding carboxylic acids is 1. The van der Waals surface area contributed by atoms with Gasteiger partial charge >= 0.3 is 0 Å². The van der Waals surface area contributed by atoms with Crippen molar-refractivity contribution in [1.82, 2.24) is 9.88 Å². The zero-order valence-electron chi connectivity index (χ0n) is 13.2. The summed E-state index contributed by atoms with van der Waals surface area (Å²) in [7, 11) is 0. The molecule has 1 aromatic heterocycles. The third-order valence-electron chi connectivity index (χ3n) is 3.75.